The maximum Gasteiger partial charge on any atom is 0.127 e. The Bertz CT molecular complexity index is 338. The van der Waals surface area contributed by atoms with E-state index in [2.05, 4.69) is 10.4 Å². The van der Waals surface area contributed by atoms with Gasteiger partial charge in [-0.3, -0.25) is 0 Å². The minimum atomic E-state index is 0.220. The number of nitrogens with zero attached hydrogens (tertiary/aromatic N) is 2. The van der Waals surface area contributed by atoms with E-state index in [4.69, 9.17) is 10.2 Å². The van der Waals surface area contributed by atoms with Crippen molar-refractivity contribution in [2.75, 3.05) is 25.1 Å². The minimum absolute atomic E-state index is 0.220. The molecule has 1 unspecified atom stereocenters. The van der Waals surface area contributed by atoms with E-state index in [1.807, 2.05) is 10.9 Å². The van der Waals surface area contributed by atoms with E-state index in [1.54, 1.807) is 0 Å². The molecule has 0 aliphatic carbocycles. The molecule has 0 radical (unpaired) electrons. The van der Waals surface area contributed by atoms with E-state index in [0.717, 1.165) is 38.2 Å². The average Bonchev–Trinajstić information content (AvgIpc) is 2.69. The van der Waals surface area contributed by atoms with Crippen molar-refractivity contribution in [2.24, 2.45) is 5.92 Å². The van der Waals surface area contributed by atoms with Gasteiger partial charge in [-0.25, -0.2) is 4.68 Å². The predicted octanol–water partition coefficient (Wildman–Crippen LogP) is 0.232. The van der Waals surface area contributed by atoms with Crippen LogP contribution < -0.4 is 5.32 Å². The molecule has 0 bridgehead atoms. The molecule has 0 aromatic carbocycles. The number of fused-ring (bicyclic) bond motifs is 1. The topological polar surface area (TPSA) is 70.3 Å². The molecule has 0 saturated heterocycles. The Morgan fingerprint density at radius 3 is 3.06 bits per heavy atom. The van der Waals surface area contributed by atoms with E-state index in [-0.39, 0.29) is 13.2 Å². The molecule has 1 atom stereocenters. The summed E-state index contributed by atoms with van der Waals surface area (Å²) in [7, 11) is 0. The fraction of sp³-hybridized carbons (Fsp3) is 0.727. The summed E-state index contributed by atoms with van der Waals surface area (Å²) in [6, 6.07) is 0. The summed E-state index contributed by atoms with van der Waals surface area (Å²) < 4.78 is 1.97. The monoisotopic (exact) mass is 225 g/mol. The van der Waals surface area contributed by atoms with Crippen LogP contribution in [0.25, 0.3) is 0 Å². The quantitative estimate of drug-likeness (QED) is 0.671. The zero-order valence-corrected chi connectivity index (χ0v) is 9.39. The van der Waals surface area contributed by atoms with Crippen LogP contribution in [-0.4, -0.2) is 39.8 Å². The number of aliphatic hydroxyl groups excluding tert-OH is 2. The first-order chi connectivity index (χ1) is 7.85. The lowest BCUT2D eigenvalue weighted by molar-refractivity contribution is 0.244. The van der Waals surface area contributed by atoms with E-state index in [9.17, 15) is 0 Å². The molecule has 90 valence electrons. The molecule has 16 heavy (non-hydrogen) atoms. The molecule has 0 amide bonds. The second kappa shape index (κ2) is 5.32. The Morgan fingerprint density at radius 1 is 1.44 bits per heavy atom. The molecule has 1 aliphatic rings. The fourth-order valence-corrected chi connectivity index (χ4v) is 2.15. The third-order valence-corrected chi connectivity index (χ3v) is 3.05. The fourth-order valence-electron chi connectivity index (χ4n) is 2.15. The summed E-state index contributed by atoms with van der Waals surface area (Å²) in [5, 5.41) is 25.4. The molecule has 2 heterocycles. The normalized spacial score (nSPS) is 19.2. The van der Waals surface area contributed by atoms with Gasteiger partial charge in [-0.05, 0) is 25.2 Å². The maximum absolute atomic E-state index is 8.90. The smallest absolute Gasteiger partial charge is 0.127 e. The number of anilines is 1. The van der Waals surface area contributed by atoms with Gasteiger partial charge in [0.15, 0.2) is 0 Å². The molecular formula is C11H19N3O2. The summed E-state index contributed by atoms with van der Waals surface area (Å²) in [6.07, 6.45) is 4.33. The lowest BCUT2D eigenvalue weighted by Crippen LogP contribution is -2.28. The molecule has 1 aliphatic heterocycles. The van der Waals surface area contributed by atoms with Crippen LogP contribution >= 0.6 is 0 Å². The molecule has 0 spiro atoms. The number of aryl methyl sites for hydroxylation is 1. The summed E-state index contributed by atoms with van der Waals surface area (Å²) in [5.41, 5.74) is 1.18. The first kappa shape index (κ1) is 11.4. The van der Waals surface area contributed by atoms with Crippen molar-refractivity contribution in [2.45, 2.75) is 25.8 Å². The first-order valence-corrected chi connectivity index (χ1v) is 5.85. The van der Waals surface area contributed by atoms with Crippen molar-refractivity contribution >= 4 is 5.82 Å². The second-order valence-corrected chi connectivity index (χ2v) is 4.29. The van der Waals surface area contributed by atoms with Crippen molar-refractivity contribution in [1.29, 1.82) is 0 Å². The van der Waals surface area contributed by atoms with Crippen LogP contribution in [0.5, 0.6) is 0 Å². The van der Waals surface area contributed by atoms with Crippen molar-refractivity contribution in [3.05, 3.63) is 11.8 Å². The van der Waals surface area contributed by atoms with Crippen molar-refractivity contribution in [1.82, 2.24) is 9.78 Å². The minimum Gasteiger partial charge on any atom is -0.396 e. The highest BCUT2D eigenvalue weighted by atomic mass is 16.3. The Kier molecular flexibility index (Phi) is 3.79. The molecular weight excluding hydrogens is 206 g/mol. The van der Waals surface area contributed by atoms with E-state index < -0.39 is 0 Å². The highest BCUT2D eigenvalue weighted by molar-refractivity contribution is 5.45. The second-order valence-electron chi connectivity index (χ2n) is 4.29. The SMILES string of the molecule is OCCCc1cnn2c1NCC(CCO)C2. The van der Waals surface area contributed by atoms with Crippen LogP contribution in [0, 0.1) is 5.92 Å². The lowest BCUT2D eigenvalue weighted by atomic mass is 10.0. The number of nitrogens with one attached hydrogen (secondary N) is 1. The molecule has 1 aromatic rings. The molecule has 0 saturated carbocycles. The average molecular weight is 225 g/mol. The van der Waals surface area contributed by atoms with Crippen LogP contribution in [0.3, 0.4) is 0 Å². The molecule has 3 N–H and O–H groups in total. The Labute approximate surface area is 95.1 Å². The first-order valence-electron chi connectivity index (χ1n) is 5.85. The van der Waals surface area contributed by atoms with Crippen LogP contribution in [0.15, 0.2) is 6.20 Å². The molecule has 5 nitrogen and oxygen atoms in total. The lowest BCUT2D eigenvalue weighted by Gasteiger charge is -2.25. The molecule has 0 fully saturated rings. The largest absolute Gasteiger partial charge is 0.396 e. The van der Waals surface area contributed by atoms with Crippen molar-refractivity contribution in [3.63, 3.8) is 0 Å². The summed E-state index contributed by atoms with van der Waals surface area (Å²) in [4.78, 5) is 0. The van der Waals surface area contributed by atoms with Gasteiger partial charge < -0.3 is 15.5 Å². The highest BCUT2D eigenvalue weighted by Crippen LogP contribution is 2.23. The summed E-state index contributed by atoms with van der Waals surface area (Å²) >= 11 is 0. The van der Waals surface area contributed by atoms with Crippen LogP contribution in [-0.2, 0) is 13.0 Å². The van der Waals surface area contributed by atoms with E-state index >= 15 is 0 Å². The van der Waals surface area contributed by atoms with Crippen LogP contribution in [0.4, 0.5) is 5.82 Å². The van der Waals surface area contributed by atoms with Gasteiger partial charge in [-0.1, -0.05) is 0 Å². The maximum atomic E-state index is 8.90. The number of hydrogen-bond acceptors (Lipinski definition) is 4. The number of aromatic nitrogens is 2. The Hall–Kier alpha value is -1.07. The van der Waals surface area contributed by atoms with Gasteiger partial charge in [0, 0.05) is 31.9 Å². The third kappa shape index (κ3) is 2.36. The van der Waals surface area contributed by atoms with E-state index in [1.165, 1.54) is 5.56 Å². The van der Waals surface area contributed by atoms with Gasteiger partial charge in [-0.15, -0.1) is 0 Å². The van der Waals surface area contributed by atoms with Crippen LogP contribution in [0.1, 0.15) is 18.4 Å². The van der Waals surface area contributed by atoms with E-state index in [0.29, 0.717) is 5.92 Å². The highest BCUT2D eigenvalue weighted by Gasteiger charge is 2.20. The Balaban J connectivity index is 2.02. The van der Waals surface area contributed by atoms with Crippen molar-refractivity contribution < 1.29 is 10.2 Å². The molecule has 5 heteroatoms. The number of rotatable bonds is 5. The van der Waals surface area contributed by atoms with Gasteiger partial charge in [0.25, 0.3) is 0 Å². The third-order valence-electron chi connectivity index (χ3n) is 3.05. The number of aliphatic hydroxyl groups is 2. The predicted molar refractivity (Wildman–Crippen MR) is 61.3 cm³/mol. The van der Waals surface area contributed by atoms with Gasteiger partial charge in [0.1, 0.15) is 5.82 Å². The standard InChI is InChI=1S/C11H19N3O2/c15-4-1-2-10-7-13-14-8-9(3-5-16)6-12-11(10)14/h7,9,12,15-16H,1-6,8H2. The van der Waals surface area contributed by atoms with Crippen molar-refractivity contribution in [3.8, 4) is 0 Å². The van der Waals surface area contributed by atoms with Crippen LogP contribution in [0.2, 0.25) is 0 Å². The van der Waals surface area contributed by atoms with Gasteiger partial charge in [-0.2, -0.15) is 5.10 Å². The zero-order valence-electron chi connectivity index (χ0n) is 9.39. The number of hydrogen-bond donors (Lipinski definition) is 3. The van der Waals surface area contributed by atoms with Gasteiger partial charge in [0.2, 0.25) is 0 Å². The molecule has 1 aromatic heterocycles. The Morgan fingerprint density at radius 2 is 2.31 bits per heavy atom. The van der Waals surface area contributed by atoms with Gasteiger partial charge >= 0.3 is 0 Å². The zero-order chi connectivity index (χ0) is 11.4. The molecule has 2 rings (SSSR count). The van der Waals surface area contributed by atoms with Gasteiger partial charge in [0.05, 0.1) is 6.20 Å². The summed E-state index contributed by atoms with van der Waals surface area (Å²) in [6.45, 7) is 2.23. The summed E-state index contributed by atoms with van der Waals surface area (Å²) in [5.74, 6) is 1.55.